The Kier molecular flexibility index (Phi) is 5.18. The highest BCUT2D eigenvalue weighted by Crippen LogP contribution is 2.37. The largest absolute Gasteiger partial charge is 0.444 e. The van der Waals surface area contributed by atoms with Gasteiger partial charge in [-0.2, -0.15) is 13.2 Å². The maximum Gasteiger partial charge on any atom is 0.433 e. The molecule has 5 heterocycles. The number of fused-ring (bicyclic) bond motifs is 3. The van der Waals surface area contributed by atoms with E-state index in [2.05, 4.69) is 24.8 Å². The zero-order valence-electron chi connectivity index (χ0n) is 19.1. The molecular formula is C23H25F3N6O2. The van der Waals surface area contributed by atoms with E-state index in [4.69, 9.17) is 4.74 Å². The fourth-order valence-electron chi connectivity index (χ4n) is 4.78. The highest BCUT2D eigenvalue weighted by Gasteiger charge is 2.45. The summed E-state index contributed by atoms with van der Waals surface area (Å²) < 4.78 is 45.0. The number of aromatic nitrogens is 4. The van der Waals surface area contributed by atoms with Crippen LogP contribution in [0.5, 0.6) is 0 Å². The molecule has 0 saturated carbocycles. The first-order valence-electron chi connectivity index (χ1n) is 11.1. The number of nitrogens with one attached hydrogen (secondary N) is 1. The lowest BCUT2D eigenvalue weighted by molar-refractivity contribution is -0.141. The van der Waals surface area contributed by atoms with Crippen molar-refractivity contribution in [2.75, 3.05) is 18.0 Å². The lowest BCUT2D eigenvalue weighted by Gasteiger charge is -2.41. The first-order chi connectivity index (χ1) is 16.0. The molecule has 0 spiro atoms. The summed E-state index contributed by atoms with van der Waals surface area (Å²) in [4.78, 5) is 32.0. The second kappa shape index (κ2) is 7.85. The zero-order chi connectivity index (χ0) is 24.3. The summed E-state index contributed by atoms with van der Waals surface area (Å²) in [7, 11) is 0. The average molecular weight is 474 g/mol. The Balaban J connectivity index is 1.43. The maximum atomic E-state index is 13.1. The van der Waals surface area contributed by atoms with Gasteiger partial charge >= 0.3 is 12.3 Å². The summed E-state index contributed by atoms with van der Waals surface area (Å²) in [6.07, 6.45) is -0.485. The molecule has 3 aromatic heterocycles. The Morgan fingerprint density at radius 3 is 2.44 bits per heavy atom. The monoisotopic (exact) mass is 474 g/mol. The van der Waals surface area contributed by atoms with Crippen LogP contribution in [-0.4, -0.2) is 61.7 Å². The Labute approximate surface area is 194 Å². The average Bonchev–Trinajstić information content (AvgIpc) is 3.30. The predicted molar refractivity (Wildman–Crippen MR) is 119 cm³/mol. The standard InChI is InChI=1S/C23H25F3N6O2/c1-22(2,3)34-21(33)32-14-4-5-15(32)11-31(10-14)20-16-9-17(30-19(16)28-12-29-20)13-6-7-27-18(8-13)23(24,25)26/h6-9,12,14-15H,4-5,10-11H2,1-3H3,(H,28,29,30). The van der Waals surface area contributed by atoms with E-state index < -0.39 is 17.5 Å². The van der Waals surface area contributed by atoms with E-state index in [-0.39, 0.29) is 18.2 Å². The van der Waals surface area contributed by atoms with E-state index in [1.807, 2.05) is 25.7 Å². The van der Waals surface area contributed by atoms with Gasteiger partial charge < -0.3 is 14.6 Å². The molecule has 3 aromatic rings. The third kappa shape index (κ3) is 4.14. The van der Waals surface area contributed by atoms with E-state index in [1.165, 1.54) is 12.4 Å². The summed E-state index contributed by atoms with van der Waals surface area (Å²) in [6.45, 7) is 6.74. The minimum atomic E-state index is -4.53. The second-order valence-electron chi connectivity index (χ2n) is 9.75. The first-order valence-corrected chi connectivity index (χ1v) is 11.1. The fraction of sp³-hybridized carbons (Fsp3) is 0.478. The molecule has 2 aliphatic rings. The molecule has 2 fully saturated rings. The third-order valence-corrected chi connectivity index (χ3v) is 6.15. The van der Waals surface area contributed by atoms with Crippen molar-refractivity contribution in [1.29, 1.82) is 0 Å². The van der Waals surface area contributed by atoms with Gasteiger partial charge in [-0.25, -0.2) is 14.8 Å². The van der Waals surface area contributed by atoms with Crippen molar-refractivity contribution >= 4 is 22.9 Å². The van der Waals surface area contributed by atoms with E-state index in [0.29, 0.717) is 41.2 Å². The lowest BCUT2D eigenvalue weighted by Crippen LogP contribution is -2.57. The van der Waals surface area contributed by atoms with Crippen LogP contribution in [0, 0.1) is 0 Å². The second-order valence-corrected chi connectivity index (χ2v) is 9.75. The summed E-state index contributed by atoms with van der Waals surface area (Å²) in [5, 5.41) is 0.716. The Morgan fingerprint density at radius 2 is 1.79 bits per heavy atom. The van der Waals surface area contributed by atoms with Gasteiger partial charge in [0, 0.05) is 30.5 Å². The summed E-state index contributed by atoms with van der Waals surface area (Å²) in [5.74, 6) is 0.693. The van der Waals surface area contributed by atoms with Crippen molar-refractivity contribution in [3.8, 4) is 11.3 Å². The van der Waals surface area contributed by atoms with Crippen LogP contribution < -0.4 is 4.90 Å². The SMILES string of the molecule is CC(C)(C)OC(=O)N1C2CCC1CN(c1ncnc3[nH]c(-c4ccnc(C(F)(F)F)c4)cc13)C2. The highest BCUT2D eigenvalue weighted by molar-refractivity contribution is 5.92. The molecule has 0 radical (unpaired) electrons. The van der Waals surface area contributed by atoms with Crippen molar-refractivity contribution in [1.82, 2.24) is 24.8 Å². The number of rotatable bonds is 2. The van der Waals surface area contributed by atoms with Gasteiger partial charge in [0.2, 0.25) is 0 Å². The number of piperazine rings is 1. The van der Waals surface area contributed by atoms with Crippen molar-refractivity contribution in [3.63, 3.8) is 0 Å². The Morgan fingerprint density at radius 1 is 1.09 bits per heavy atom. The number of aromatic amines is 1. The number of hydrogen-bond acceptors (Lipinski definition) is 6. The van der Waals surface area contributed by atoms with Crippen molar-refractivity contribution in [3.05, 3.63) is 36.4 Å². The summed E-state index contributed by atoms with van der Waals surface area (Å²) >= 11 is 0. The van der Waals surface area contributed by atoms with Gasteiger partial charge in [-0.05, 0) is 51.8 Å². The molecule has 1 N–H and O–H groups in total. The number of carbonyl (C=O) groups excluding carboxylic acids is 1. The van der Waals surface area contributed by atoms with E-state index in [0.717, 1.165) is 25.1 Å². The number of ether oxygens (including phenoxy) is 1. The van der Waals surface area contributed by atoms with Gasteiger partial charge in [-0.3, -0.25) is 9.88 Å². The fourth-order valence-corrected chi connectivity index (χ4v) is 4.78. The molecule has 180 valence electrons. The van der Waals surface area contributed by atoms with Gasteiger partial charge in [0.1, 0.15) is 29.1 Å². The number of nitrogens with zero attached hydrogens (tertiary/aromatic N) is 5. The number of hydrogen-bond donors (Lipinski definition) is 1. The van der Waals surface area contributed by atoms with Gasteiger partial charge in [-0.15, -0.1) is 0 Å². The first kappa shape index (κ1) is 22.4. The smallest absolute Gasteiger partial charge is 0.433 e. The summed E-state index contributed by atoms with van der Waals surface area (Å²) in [6, 6.07) is 4.31. The minimum Gasteiger partial charge on any atom is -0.444 e. The van der Waals surface area contributed by atoms with Crippen LogP contribution in [0.3, 0.4) is 0 Å². The molecule has 8 nitrogen and oxygen atoms in total. The van der Waals surface area contributed by atoms with Crippen LogP contribution in [0.1, 0.15) is 39.3 Å². The van der Waals surface area contributed by atoms with Crippen LogP contribution in [0.15, 0.2) is 30.7 Å². The minimum absolute atomic E-state index is 0.00608. The van der Waals surface area contributed by atoms with E-state index >= 15 is 0 Å². The normalized spacial score (nSPS) is 20.8. The van der Waals surface area contributed by atoms with Crippen LogP contribution in [-0.2, 0) is 10.9 Å². The van der Waals surface area contributed by atoms with Crippen LogP contribution in [0.4, 0.5) is 23.8 Å². The molecule has 0 aromatic carbocycles. The number of carbonyl (C=O) groups is 1. The molecule has 2 bridgehead atoms. The number of H-pyrrole nitrogens is 1. The number of alkyl halides is 3. The molecule has 34 heavy (non-hydrogen) atoms. The molecule has 2 aliphatic heterocycles. The molecule has 1 amide bonds. The maximum absolute atomic E-state index is 13.1. The highest BCUT2D eigenvalue weighted by atomic mass is 19.4. The van der Waals surface area contributed by atoms with Gasteiger partial charge in [-0.1, -0.05) is 0 Å². The zero-order valence-corrected chi connectivity index (χ0v) is 19.1. The molecule has 5 rings (SSSR count). The third-order valence-electron chi connectivity index (χ3n) is 6.15. The molecule has 2 atom stereocenters. The van der Waals surface area contributed by atoms with Gasteiger partial charge in [0.05, 0.1) is 17.5 Å². The van der Waals surface area contributed by atoms with Crippen LogP contribution in [0.25, 0.3) is 22.3 Å². The predicted octanol–water partition coefficient (Wildman–Crippen LogP) is 4.63. The number of pyridine rings is 1. The molecular weight excluding hydrogens is 449 g/mol. The lowest BCUT2D eigenvalue weighted by atomic mass is 10.1. The topological polar surface area (TPSA) is 87.2 Å². The van der Waals surface area contributed by atoms with Crippen molar-refractivity contribution < 1.29 is 22.7 Å². The molecule has 0 aliphatic carbocycles. The quantitative estimate of drug-likeness (QED) is 0.583. The molecule has 11 heteroatoms. The van der Waals surface area contributed by atoms with Crippen LogP contribution >= 0.6 is 0 Å². The van der Waals surface area contributed by atoms with Crippen LogP contribution in [0.2, 0.25) is 0 Å². The number of amides is 1. The number of anilines is 1. The number of halogens is 3. The Hall–Kier alpha value is -3.37. The van der Waals surface area contributed by atoms with Gasteiger partial charge in [0.15, 0.2) is 0 Å². The van der Waals surface area contributed by atoms with E-state index in [1.54, 1.807) is 6.07 Å². The van der Waals surface area contributed by atoms with Gasteiger partial charge in [0.25, 0.3) is 0 Å². The molecule has 2 saturated heterocycles. The van der Waals surface area contributed by atoms with Crippen molar-refractivity contribution in [2.24, 2.45) is 0 Å². The Bertz CT molecular complexity index is 1220. The van der Waals surface area contributed by atoms with E-state index in [9.17, 15) is 18.0 Å². The molecule has 2 unspecified atom stereocenters. The van der Waals surface area contributed by atoms with Crippen molar-refractivity contribution in [2.45, 2.75) is 57.5 Å². The summed E-state index contributed by atoms with van der Waals surface area (Å²) in [5.41, 5.74) is -0.120.